The van der Waals surface area contributed by atoms with E-state index in [1.807, 2.05) is 0 Å². The van der Waals surface area contributed by atoms with Crippen LogP contribution in [0.15, 0.2) is 47.4 Å². The molecule has 26 heavy (non-hydrogen) atoms. The fraction of sp³-hybridized carbons (Fsp3) is 0.176. The first-order chi connectivity index (χ1) is 12.3. The van der Waals surface area contributed by atoms with Gasteiger partial charge in [-0.15, -0.1) is 11.8 Å². The lowest BCUT2D eigenvalue weighted by molar-refractivity contribution is -0.387. The zero-order valence-electron chi connectivity index (χ0n) is 13.8. The zero-order valence-corrected chi connectivity index (χ0v) is 14.7. The van der Waals surface area contributed by atoms with E-state index in [4.69, 9.17) is 5.73 Å². The van der Waals surface area contributed by atoms with Crippen molar-refractivity contribution in [3.05, 3.63) is 69.5 Å². The standard InChI is InChI=1S/C17H16FN3O4S/c1-20(9-11-2-5-13(18)6-3-11)16(22)10-26-15-7-4-12(17(19)23)8-14(15)21(24)25/h2-8H,9-10H2,1H3,(H2,19,23). The van der Waals surface area contributed by atoms with Gasteiger partial charge in [0.25, 0.3) is 5.69 Å². The fourth-order valence-corrected chi connectivity index (χ4v) is 3.08. The number of nitrogens with two attached hydrogens (primary N) is 1. The summed E-state index contributed by atoms with van der Waals surface area (Å²) in [6, 6.07) is 9.66. The average Bonchev–Trinajstić information content (AvgIpc) is 2.61. The van der Waals surface area contributed by atoms with E-state index < -0.39 is 10.8 Å². The van der Waals surface area contributed by atoms with Gasteiger partial charge in [-0.05, 0) is 29.8 Å². The number of nitro groups is 1. The lowest BCUT2D eigenvalue weighted by Crippen LogP contribution is -2.27. The summed E-state index contributed by atoms with van der Waals surface area (Å²) in [4.78, 5) is 35.6. The largest absolute Gasteiger partial charge is 0.366 e. The number of hydrogen-bond donors (Lipinski definition) is 1. The maximum atomic E-state index is 12.9. The summed E-state index contributed by atoms with van der Waals surface area (Å²) in [5.74, 6) is -1.38. The summed E-state index contributed by atoms with van der Waals surface area (Å²) in [5.41, 5.74) is 5.64. The quantitative estimate of drug-likeness (QED) is 0.453. The third-order valence-electron chi connectivity index (χ3n) is 3.55. The van der Waals surface area contributed by atoms with E-state index in [0.29, 0.717) is 6.54 Å². The number of benzene rings is 2. The van der Waals surface area contributed by atoms with E-state index in [2.05, 4.69) is 0 Å². The summed E-state index contributed by atoms with van der Waals surface area (Å²) in [7, 11) is 1.59. The molecule has 0 spiro atoms. The Morgan fingerprint density at radius 2 is 1.88 bits per heavy atom. The van der Waals surface area contributed by atoms with E-state index in [1.165, 1.54) is 29.2 Å². The number of nitrogens with zero attached hydrogens (tertiary/aromatic N) is 2. The summed E-state index contributed by atoms with van der Waals surface area (Å²) in [6.07, 6.45) is 0. The summed E-state index contributed by atoms with van der Waals surface area (Å²) < 4.78 is 12.9. The Labute approximate surface area is 153 Å². The first-order valence-electron chi connectivity index (χ1n) is 7.47. The molecule has 0 aliphatic carbocycles. The summed E-state index contributed by atoms with van der Waals surface area (Å²) in [5, 5.41) is 11.2. The highest BCUT2D eigenvalue weighted by Crippen LogP contribution is 2.30. The maximum Gasteiger partial charge on any atom is 0.283 e. The van der Waals surface area contributed by atoms with E-state index in [0.717, 1.165) is 23.4 Å². The Kier molecular flexibility index (Phi) is 6.29. The number of carbonyl (C=O) groups is 2. The molecule has 0 saturated heterocycles. The van der Waals surface area contributed by atoms with Gasteiger partial charge in [-0.25, -0.2) is 4.39 Å². The Bertz CT molecular complexity index is 842. The molecule has 0 bridgehead atoms. The molecule has 136 valence electrons. The lowest BCUT2D eigenvalue weighted by atomic mass is 10.2. The SMILES string of the molecule is CN(Cc1ccc(F)cc1)C(=O)CSc1ccc(C(N)=O)cc1[N+](=O)[O-]. The second-order valence-electron chi connectivity index (χ2n) is 5.47. The van der Waals surface area contributed by atoms with Crippen LogP contribution in [0.4, 0.5) is 10.1 Å². The maximum absolute atomic E-state index is 12.9. The van der Waals surface area contributed by atoms with Crippen molar-refractivity contribution in [1.29, 1.82) is 0 Å². The predicted octanol–water partition coefficient (Wildman–Crippen LogP) is 2.58. The van der Waals surface area contributed by atoms with Crippen molar-refractivity contribution in [3.8, 4) is 0 Å². The molecule has 0 fully saturated rings. The van der Waals surface area contributed by atoms with Crippen molar-refractivity contribution < 1.29 is 18.9 Å². The molecule has 2 rings (SSSR count). The molecule has 2 N–H and O–H groups in total. The van der Waals surface area contributed by atoms with Crippen LogP contribution in [0.25, 0.3) is 0 Å². The van der Waals surface area contributed by atoms with E-state index in [-0.39, 0.29) is 33.6 Å². The second-order valence-corrected chi connectivity index (χ2v) is 6.49. The van der Waals surface area contributed by atoms with Crippen molar-refractivity contribution in [3.63, 3.8) is 0 Å². The molecule has 2 aromatic carbocycles. The third-order valence-corrected chi connectivity index (χ3v) is 4.60. The van der Waals surface area contributed by atoms with Crippen molar-refractivity contribution in [2.75, 3.05) is 12.8 Å². The molecule has 0 aliphatic heterocycles. The molecule has 0 aromatic heterocycles. The van der Waals surface area contributed by atoms with Crippen molar-refractivity contribution in [2.24, 2.45) is 5.73 Å². The number of primary amides is 1. The van der Waals surface area contributed by atoms with Gasteiger partial charge in [-0.2, -0.15) is 0 Å². The Hall–Kier alpha value is -2.94. The number of thioether (sulfide) groups is 1. The highest BCUT2D eigenvalue weighted by Gasteiger charge is 2.19. The number of rotatable bonds is 7. The van der Waals surface area contributed by atoms with Gasteiger partial charge in [-0.3, -0.25) is 19.7 Å². The van der Waals surface area contributed by atoms with Crippen LogP contribution in [-0.4, -0.2) is 34.4 Å². The second kappa shape index (κ2) is 8.43. The van der Waals surface area contributed by atoms with Gasteiger partial charge in [0.2, 0.25) is 11.8 Å². The van der Waals surface area contributed by atoms with Crippen molar-refractivity contribution in [1.82, 2.24) is 4.90 Å². The van der Waals surface area contributed by atoms with Crippen molar-refractivity contribution in [2.45, 2.75) is 11.4 Å². The summed E-state index contributed by atoms with van der Waals surface area (Å²) >= 11 is 1.00. The van der Waals surface area contributed by atoms with Crippen LogP contribution in [0.1, 0.15) is 15.9 Å². The third kappa shape index (κ3) is 5.03. The normalized spacial score (nSPS) is 10.4. The van der Waals surface area contributed by atoms with Gasteiger partial charge in [0.15, 0.2) is 0 Å². The molecule has 0 saturated carbocycles. The van der Waals surface area contributed by atoms with Crippen LogP contribution in [0.3, 0.4) is 0 Å². The minimum atomic E-state index is -0.764. The number of carbonyl (C=O) groups excluding carboxylic acids is 2. The van der Waals surface area contributed by atoms with E-state index in [1.54, 1.807) is 19.2 Å². The van der Waals surface area contributed by atoms with E-state index in [9.17, 15) is 24.1 Å². The molecule has 0 heterocycles. The predicted molar refractivity (Wildman–Crippen MR) is 95.2 cm³/mol. The molecule has 2 aromatic rings. The van der Waals surface area contributed by atoms with E-state index >= 15 is 0 Å². The Morgan fingerprint density at radius 1 is 1.23 bits per heavy atom. The molecule has 9 heteroatoms. The molecule has 2 amide bonds. The Balaban J connectivity index is 2.03. The van der Waals surface area contributed by atoms with Gasteiger partial charge in [0.1, 0.15) is 5.82 Å². The first kappa shape index (κ1) is 19.4. The number of halogens is 1. The lowest BCUT2D eigenvalue weighted by Gasteiger charge is -2.17. The van der Waals surface area contributed by atoms with Gasteiger partial charge in [-0.1, -0.05) is 12.1 Å². The van der Waals surface area contributed by atoms with Gasteiger partial charge >= 0.3 is 0 Å². The van der Waals surface area contributed by atoms with Crippen LogP contribution in [0.5, 0.6) is 0 Å². The van der Waals surface area contributed by atoms with Crippen molar-refractivity contribution >= 4 is 29.3 Å². The average molecular weight is 377 g/mol. The Morgan fingerprint density at radius 3 is 2.46 bits per heavy atom. The van der Waals surface area contributed by atoms with Crippen LogP contribution in [0.2, 0.25) is 0 Å². The minimum Gasteiger partial charge on any atom is -0.366 e. The number of nitro benzene ring substituents is 1. The molecule has 0 aliphatic rings. The molecular weight excluding hydrogens is 361 g/mol. The van der Waals surface area contributed by atoms with Crippen LogP contribution in [-0.2, 0) is 11.3 Å². The minimum absolute atomic E-state index is 0.0194. The molecule has 0 atom stereocenters. The molecular formula is C17H16FN3O4S. The van der Waals surface area contributed by atoms with Crippen LogP contribution >= 0.6 is 11.8 Å². The first-order valence-corrected chi connectivity index (χ1v) is 8.46. The highest BCUT2D eigenvalue weighted by atomic mass is 32.2. The van der Waals surface area contributed by atoms with Gasteiger partial charge < -0.3 is 10.6 Å². The number of amides is 2. The molecule has 0 radical (unpaired) electrons. The molecule has 0 unspecified atom stereocenters. The van der Waals surface area contributed by atoms with Crippen LogP contribution in [0, 0.1) is 15.9 Å². The number of hydrogen-bond acceptors (Lipinski definition) is 5. The van der Waals surface area contributed by atoms with Crippen LogP contribution < -0.4 is 5.73 Å². The smallest absolute Gasteiger partial charge is 0.283 e. The van der Waals surface area contributed by atoms with Gasteiger partial charge in [0, 0.05) is 25.2 Å². The topological polar surface area (TPSA) is 107 Å². The monoisotopic (exact) mass is 377 g/mol. The fourth-order valence-electron chi connectivity index (χ4n) is 2.14. The van der Waals surface area contributed by atoms with Gasteiger partial charge in [0.05, 0.1) is 15.6 Å². The highest BCUT2D eigenvalue weighted by molar-refractivity contribution is 8.00. The zero-order chi connectivity index (χ0) is 19.3. The molecule has 7 nitrogen and oxygen atoms in total. The summed E-state index contributed by atoms with van der Waals surface area (Å²) in [6.45, 7) is 0.294.